The van der Waals surface area contributed by atoms with Gasteiger partial charge in [-0.25, -0.2) is 14.4 Å². The Labute approximate surface area is 206 Å². The molecule has 0 amide bonds. The van der Waals surface area contributed by atoms with Crippen LogP contribution in [0.5, 0.6) is 0 Å². The average Bonchev–Trinajstić information content (AvgIpc) is 3.41. The van der Waals surface area contributed by atoms with Crippen LogP contribution in [0.25, 0.3) is 33.5 Å². The highest BCUT2D eigenvalue weighted by atomic mass is 32.1. The third-order valence-electron chi connectivity index (χ3n) is 5.20. The van der Waals surface area contributed by atoms with Gasteiger partial charge in [0.05, 0.1) is 11.2 Å². The Hall–Kier alpha value is -4.19. The smallest absolute Gasteiger partial charge is 0.359 e. The summed E-state index contributed by atoms with van der Waals surface area (Å²) in [4.78, 5) is 13.1. The number of alkyl halides is 3. The average molecular weight is 512 g/mol. The number of halogens is 4. The molecule has 3 heterocycles. The fraction of sp³-hybridized carbons (Fsp3) is 0.125. The minimum absolute atomic E-state index is 0.0600. The zero-order valence-corrected chi connectivity index (χ0v) is 19.2. The van der Waals surface area contributed by atoms with Gasteiger partial charge >= 0.3 is 6.18 Å². The van der Waals surface area contributed by atoms with Crippen LogP contribution in [0.3, 0.4) is 0 Å². The monoisotopic (exact) mass is 511 g/mol. The van der Waals surface area contributed by atoms with Gasteiger partial charge in [-0.15, -0.1) is 5.10 Å². The van der Waals surface area contributed by atoms with Crippen molar-refractivity contribution < 1.29 is 17.6 Å². The van der Waals surface area contributed by atoms with Crippen molar-refractivity contribution in [3.05, 3.63) is 77.4 Å². The molecule has 0 saturated carbocycles. The third kappa shape index (κ3) is 5.54. The minimum atomic E-state index is -4.45. The molecule has 0 aliphatic heterocycles. The van der Waals surface area contributed by atoms with Crippen LogP contribution < -0.4 is 10.6 Å². The number of pyridine rings is 1. The van der Waals surface area contributed by atoms with Gasteiger partial charge in [0, 0.05) is 23.1 Å². The van der Waals surface area contributed by atoms with Crippen molar-refractivity contribution in [2.24, 2.45) is 0 Å². The van der Waals surface area contributed by atoms with Crippen LogP contribution >= 0.6 is 11.5 Å². The summed E-state index contributed by atoms with van der Waals surface area (Å²) in [6, 6.07) is 16.6. The molecule has 0 fully saturated rings. The summed E-state index contributed by atoms with van der Waals surface area (Å²) in [6.45, 7) is -0.936. The van der Waals surface area contributed by atoms with Crippen molar-refractivity contribution >= 4 is 34.3 Å². The molecule has 0 radical (unpaired) electrons. The number of hydrogen-bond donors (Lipinski definition) is 2. The summed E-state index contributed by atoms with van der Waals surface area (Å²) in [6.07, 6.45) is -4.45. The summed E-state index contributed by atoms with van der Waals surface area (Å²) in [5.74, 6) is -0.313. The topological polar surface area (TPSA) is 88.5 Å². The molecule has 2 N–H and O–H groups in total. The molecule has 0 aliphatic rings. The van der Waals surface area contributed by atoms with E-state index < -0.39 is 18.5 Å². The van der Waals surface area contributed by atoms with E-state index in [4.69, 9.17) is 0 Å². The number of anilines is 2. The molecular formula is C24H17F4N7S. The fourth-order valence-electron chi connectivity index (χ4n) is 3.45. The molecule has 0 saturated heterocycles. The predicted molar refractivity (Wildman–Crippen MR) is 130 cm³/mol. The Morgan fingerprint density at radius 1 is 0.778 bits per heavy atom. The zero-order chi connectivity index (χ0) is 25.1. The lowest BCUT2D eigenvalue weighted by atomic mass is 10.1. The maximum atomic E-state index is 13.3. The first-order chi connectivity index (χ1) is 17.3. The van der Waals surface area contributed by atoms with Gasteiger partial charge in [-0.1, -0.05) is 28.8 Å². The Bertz CT molecular complexity index is 1470. The van der Waals surface area contributed by atoms with Crippen molar-refractivity contribution in [2.45, 2.75) is 12.7 Å². The van der Waals surface area contributed by atoms with E-state index in [0.717, 1.165) is 16.8 Å². The number of nitrogens with one attached hydrogen (secondary N) is 2. The van der Waals surface area contributed by atoms with Gasteiger partial charge in [-0.2, -0.15) is 18.2 Å². The molecule has 5 rings (SSSR count). The maximum Gasteiger partial charge on any atom is 0.405 e. The highest BCUT2D eigenvalue weighted by molar-refractivity contribution is 7.03. The molecule has 3 aromatic heterocycles. The molecule has 0 atom stereocenters. The molecule has 182 valence electrons. The molecule has 0 aliphatic carbocycles. The van der Waals surface area contributed by atoms with Crippen molar-refractivity contribution in [1.82, 2.24) is 24.5 Å². The molecule has 5 aromatic rings. The molecule has 0 unspecified atom stereocenters. The number of aromatic nitrogens is 5. The molecule has 0 spiro atoms. The van der Waals surface area contributed by atoms with Crippen LogP contribution in [-0.2, 0) is 6.54 Å². The van der Waals surface area contributed by atoms with Gasteiger partial charge in [-0.05, 0) is 53.5 Å². The lowest BCUT2D eigenvalue weighted by Gasteiger charge is -2.13. The van der Waals surface area contributed by atoms with E-state index in [1.54, 1.807) is 24.3 Å². The van der Waals surface area contributed by atoms with Crippen molar-refractivity contribution in [3.8, 4) is 22.5 Å². The van der Waals surface area contributed by atoms with E-state index in [9.17, 15) is 17.6 Å². The lowest BCUT2D eigenvalue weighted by molar-refractivity contribution is -0.115. The molecule has 7 nitrogen and oxygen atoms in total. The van der Waals surface area contributed by atoms with Gasteiger partial charge in [0.1, 0.15) is 23.6 Å². The highest BCUT2D eigenvalue weighted by Crippen LogP contribution is 2.27. The van der Waals surface area contributed by atoms with Crippen molar-refractivity contribution in [3.63, 3.8) is 0 Å². The van der Waals surface area contributed by atoms with Crippen LogP contribution in [0.1, 0.15) is 5.56 Å². The second-order valence-corrected chi connectivity index (χ2v) is 8.39. The Kier molecular flexibility index (Phi) is 6.42. The van der Waals surface area contributed by atoms with Gasteiger partial charge < -0.3 is 10.6 Å². The maximum absolute atomic E-state index is 13.3. The summed E-state index contributed by atoms with van der Waals surface area (Å²) in [5, 5.41) is 11.3. The van der Waals surface area contributed by atoms with Gasteiger partial charge in [-0.3, -0.25) is 0 Å². The first-order valence-electron chi connectivity index (χ1n) is 10.7. The molecule has 36 heavy (non-hydrogen) atoms. The second-order valence-electron chi connectivity index (χ2n) is 7.78. The summed E-state index contributed by atoms with van der Waals surface area (Å²) in [7, 11) is 0. The van der Waals surface area contributed by atoms with Crippen LogP contribution in [-0.4, -0.2) is 37.3 Å². The van der Waals surface area contributed by atoms with Crippen LogP contribution in [0.4, 0.5) is 29.3 Å². The van der Waals surface area contributed by atoms with E-state index in [-0.39, 0.29) is 17.3 Å². The SMILES string of the molecule is Fc1ccc(-c2ccc3nc(NCc4ccc(-c5csnn5)cc4)nc(NCC(F)(F)F)c3n2)cc1. The third-order valence-corrected chi connectivity index (χ3v) is 5.70. The number of benzene rings is 2. The van der Waals surface area contributed by atoms with Crippen LogP contribution in [0.15, 0.2) is 66.0 Å². The van der Waals surface area contributed by atoms with E-state index in [0.29, 0.717) is 23.3 Å². The summed E-state index contributed by atoms with van der Waals surface area (Å²) < 4.78 is 56.0. The first kappa shape index (κ1) is 23.5. The molecular weight excluding hydrogens is 494 g/mol. The predicted octanol–water partition coefficient (Wildman–Crippen LogP) is 5.94. The standard InChI is InChI=1S/C24H17F4N7S/c25-17-7-5-15(6-8-17)18-9-10-19-21(31-18)22(30-13-24(26,27)28)33-23(32-19)29-11-14-1-3-16(4-2-14)20-12-36-35-34-20/h1-10,12H,11,13H2,(H2,29,30,32,33). The Morgan fingerprint density at radius 2 is 1.50 bits per heavy atom. The number of hydrogen-bond acceptors (Lipinski definition) is 8. The quantitative estimate of drug-likeness (QED) is 0.262. The highest BCUT2D eigenvalue weighted by Gasteiger charge is 2.27. The van der Waals surface area contributed by atoms with Crippen LogP contribution in [0.2, 0.25) is 0 Å². The van der Waals surface area contributed by atoms with E-state index in [2.05, 4.69) is 35.2 Å². The van der Waals surface area contributed by atoms with Crippen molar-refractivity contribution in [1.29, 1.82) is 0 Å². The number of rotatable bonds is 7. The minimum Gasteiger partial charge on any atom is -0.359 e. The summed E-state index contributed by atoms with van der Waals surface area (Å²) >= 11 is 1.27. The van der Waals surface area contributed by atoms with Gasteiger partial charge in [0.2, 0.25) is 5.95 Å². The largest absolute Gasteiger partial charge is 0.405 e. The molecule has 0 bridgehead atoms. The molecule has 12 heteroatoms. The fourth-order valence-corrected chi connectivity index (χ4v) is 3.91. The second kappa shape index (κ2) is 9.82. The number of nitrogens with zero attached hydrogens (tertiary/aromatic N) is 5. The van der Waals surface area contributed by atoms with Crippen LogP contribution in [0, 0.1) is 5.82 Å². The first-order valence-corrected chi connectivity index (χ1v) is 11.5. The van der Waals surface area contributed by atoms with Gasteiger partial charge in [0.25, 0.3) is 0 Å². The lowest BCUT2D eigenvalue weighted by Crippen LogP contribution is -2.22. The molecule has 2 aromatic carbocycles. The van der Waals surface area contributed by atoms with E-state index in [1.165, 1.54) is 23.7 Å². The number of fused-ring (bicyclic) bond motifs is 1. The van der Waals surface area contributed by atoms with E-state index >= 15 is 0 Å². The van der Waals surface area contributed by atoms with Crippen molar-refractivity contribution in [2.75, 3.05) is 17.2 Å². The van der Waals surface area contributed by atoms with Gasteiger partial charge in [0.15, 0.2) is 5.82 Å². The zero-order valence-electron chi connectivity index (χ0n) is 18.4. The Morgan fingerprint density at radius 3 is 2.19 bits per heavy atom. The van der Waals surface area contributed by atoms with E-state index in [1.807, 2.05) is 29.6 Å². The Balaban J connectivity index is 1.42. The summed E-state index contributed by atoms with van der Waals surface area (Å²) in [5.41, 5.74) is 4.22. The normalized spacial score (nSPS) is 11.6.